The van der Waals surface area contributed by atoms with Crippen LogP contribution in [0.3, 0.4) is 0 Å². The van der Waals surface area contributed by atoms with Crippen molar-refractivity contribution in [1.29, 1.82) is 0 Å². The Hall–Kier alpha value is -3.37. The highest BCUT2D eigenvalue weighted by molar-refractivity contribution is 5.93. The fourth-order valence-electron chi connectivity index (χ4n) is 4.23. The van der Waals surface area contributed by atoms with Gasteiger partial charge in [0.15, 0.2) is 0 Å². The van der Waals surface area contributed by atoms with E-state index in [-0.39, 0.29) is 5.91 Å². The van der Waals surface area contributed by atoms with Gasteiger partial charge in [-0.05, 0) is 59.2 Å². The summed E-state index contributed by atoms with van der Waals surface area (Å²) >= 11 is 0. The average Bonchev–Trinajstić information content (AvgIpc) is 2.81. The van der Waals surface area contributed by atoms with Crippen molar-refractivity contribution in [3.8, 4) is 0 Å². The number of rotatable bonds is 8. The van der Waals surface area contributed by atoms with Crippen molar-refractivity contribution in [2.24, 2.45) is 0 Å². The number of nitrogen functional groups attached to an aromatic ring is 1. The summed E-state index contributed by atoms with van der Waals surface area (Å²) in [6, 6.07) is 24.7. The van der Waals surface area contributed by atoms with Crippen molar-refractivity contribution < 1.29 is 4.79 Å². The molecule has 1 aliphatic heterocycles. The third-order valence-electron chi connectivity index (χ3n) is 6.09. The molecule has 0 spiro atoms. The average molecular weight is 426 g/mol. The SMILES string of the molecule is C=C(CN1CCc2ccccc2C1)c1ccc(CCCC(=O)Nc2ccccc2N)cc1. The van der Waals surface area contributed by atoms with Gasteiger partial charge in [-0.1, -0.05) is 67.2 Å². The Balaban J connectivity index is 1.23. The zero-order chi connectivity index (χ0) is 22.3. The van der Waals surface area contributed by atoms with Crippen LogP contribution in [-0.4, -0.2) is 23.9 Å². The fraction of sp³-hybridized carbons (Fsp3) is 0.250. The van der Waals surface area contributed by atoms with Crippen LogP contribution in [0.25, 0.3) is 5.57 Å². The Morgan fingerprint density at radius 1 is 0.969 bits per heavy atom. The van der Waals surface area contributed by atoms with E-state index in [1.54, 1.807) is 6.07 Å². The molecule has 164 valence electrons. The van der Waals surface area contributed by atoms with E-state index in [2.05, 4.69) is 65.3 Å². The number of nitrogens with two attached hydrogens (primary N) is 1. The third kappa shape index (κ3) is 5.65. The summed E-state index contributed by atoms with van der Waals surface area (Å²) < 4.78 is 0. The first-order valence-corrected chi connectivity index (χ1v) is 11.3. The standard InChI is InChI=1S/C28H31N3O/c1-21(19-31-18-17-24-8-2-3-9-25(24)20-31)23-15-13-22(14-16-23)7-6-12-28(32)30-27-11-5-4-10-26(27)29/h2-5,8-11,13-16H,1,6-7,12,17-20,29H2,(H,30,32). The van der Waals surface area contributed by atoms with Crippen molar-refractivity contribution in [2.75, 3.05) is 24.1 Å². The lowest BCUT2D eigenvalue weighted by Gasteiger charge is -2.29. The molecule has 1 aliphatic rings. The van der Waals surface area contributed by atoms with Crippen LogP contribution in [-0.2, 0) is 24.2 Å². The molecule has 4 rings (SSSR count). The van der Waals surface area contributed by atoms with E-state index in [1.165, 1.54) is 22.3 Å². The molecule has 0 radical (unpaired) electrons. The normalized spacial score (nSPS) is 13.4. The van der Waals surface area contributed by atoms with E-state index in [0.29, 0.717) is 17.8 Å². The van der Waals surface area contributed by atoms with Gasteiger partial charge >= 0.3 is 0 Å². The number of carbonyl (C=O) groups excluding carboxylic acids is 1. The van der Waals surface area contributed by atoms with Crippen LogP contribution in [0.15, 0.2) is 79.4 Å². The highest BCUT2D eigenvalue weighted by atomic mass is 16.1. The summed E-state index contributed by atoms with van der Waals surface area (Å²) in [7, 11) is 0. The molecule has 1 amide bonds. The minimum absolute atomic E-state index is 0.00370. The molecule has 0 bridgehead atoms. The number of anilines is 2. The van der Waals surface area contributed by atoms with Crippen LogP contribution >= 0.6 is 0 Å². The van der Waals surface area contributed by atoms with Crippen molar-refractivity contribution in [3.63, 3.8) is 0 Å². The number of fused-ring (bicyclic) bond motifs is 1. The zero-order valence-corrected chi connectivity index (χ0v) is 18.5. The van der Waals surface area contributed by atoms with Gasteiger partial charge in [-0.2, -0.15) is 0 Å². The Morgan fingerprint density at radius 2 is 1.69 bits per heavy atom. The van der Waals surface area contributed by atoms with Gasteiger partial charge in [0.25, 0.3) is 0 Å². The number of nitrogens with zero attached hydrogens (tertiary/aromatic N) is 1. The summed E-state index contributed by atoms with van der Waals surface area (Å²) in [6.45, 7) is 7.28. The maximum atomic E-state index is 12.2. The number of hydrogen-bond acceptors (Lipinski definition) is 3. The second kappa shape index (κ2) is 10.3. The number of hydrogen-bond donors (Lipinski definition) is 2. The summed E-state index contributed by atoms with van der Waals surface area (Å²) in [6.07, 6.45) is 3.24. The first-order chi connectivity index (χ1) is 15.6. The Morgan fingerprint density at radius 3 is 2.47 bits per heavy atom. The zero-order valence-electron chi connectivity index (χ0n) is 18.5. The number of amides is 1. The van der Waals surface area contributed by atoms with Crippen LogP contribution in [0.2, 0.25) is 0 Å². The molecule has 1 heterocycles. The predicted octanol–water partition coefficient (Wildman–Crippen LogP) is 5.30. The lowest BCUT2D eigenvalue weighted by Crippen LogP contribution is -2.31. The number of para-hydroxylation sites is 2. The molecular weight excluding hydrogens is 394 g/mol. The molecule has 4 nitrogen and oxygen atoms in total. The Labute approximate surface area is 190 Å². The van der Waals surface area contributed by atoms with Crippen LogP contribution in [0.1, 0.15) is 35.1 Å². The summed E-state index contributed by atoms with van der Waals surface area (Å²) in [4.78, 5) is 14.7. The molecule has 0 fully saturated rings. The van der Waals surface area contributed by atoms with Crippen molar-refractivity contribution in [2.45, 2.75) is 32.2 Å². The molecule has 4 heteroatoms. The second-order valence-electron chi connectivity index (χ2n) is 8.52. The molecule has 32 heavy (non-hydrogen) atoms. The van der Waals surface area contributed by atoms with Gasteiger partial charge < -0.3 is 11.1 Å². The predicted molar refractivity (Wildman–Crippen MR) is 133 cm³/mol. The lowest BCUT2D eigenvalue weighted by atomic mass is 9.98. The molecule has 0 atom stereocenters. The van der Waals surface area contributed by atoms with Gasteiger partial charge in [-0.25, -0.2) is 0 Å². The van der Waals surface area contributed by atoms with Gasteiger partial charge in [-0.3, -0.25) is 9.69 Å². The first-order valence-electron chi connectivity index (χ1n) is 11.3. The largest absolute Gasteiger partial charge is 0.397 e. The topological polar surface area (TPSA) is 58.4 Å². The van der Waals surface area contributed by atoms with E-state index < -0.39 is 0 Å². The summed E-state index contributed by atoms with van der Waals surface area (Å²) in [5, 5.41) is 2.89. The van der Waals surface area contributed by atoms with E-state index in [4.69, 9.17) is 5.73 Å². The Bertz CT molecular complexity index is 1090. The molecule has 0 saturated heterocycles. The van der Waals surface area contributed by atoms with E-state index >= 15 is 0 Å². The number of aryl methyl sites for hydroxylation is 1. The molecule has 3 N–H and O–H groups in total. The minimum Gasteiger partial charge on any atom is -0.397 e. The molecular formula is C28H31N3O. The molecule has 3 aromatic rings. The van der Waals surface area contributed by atoms with Gasteiger partial charge in [0.1, 0.15) is 0 Å². The highest BCUT2D eigenvalue weighted by Gasteiger charge is 2.16. The van der Waals surface area contributed by atoms with Crippen LogP contribution in [0.4, 0.5) is 11.4 Å². The van der Waals surface area contributed by atoms with Crippen LogP contribution in [0, 0.1) is 0 Å². The second-order valence-corrected chi connectivity index (χ2v) is 8.52. The van der Waals surface area contributed by atoms with Crippen LogP contribution < -0.4 is 11.1 Å². The van der Waals surface area contributed by atoms with E-state index in [1.807, 2.05) is 18.2 Å². The number of carbonyl (C=O) groups is 1. The van der Waals surface area contributed by atoms with Crippen molar-refractivity contribution in [1.82, 2.24) is 4.90 Å². The Kier molecular flexibility index (Phi) is 7.03. The highest BCUT2D eigenvalue weighted by Crippen LogP contribution is 2.22. The van der Waals surface area contributed by atoms with Crippen molar-refractivity contribution >= 4 is 22.9 Å². The molecule has 0 unspecified atom stereocenters. The van der Waals surface area contributed by atoms with Gasteiger partial charge in [0.05, 0.1) is 11.4 Å². The summed E-state index contributed by atoms with van der Waals surface area (Å²) in [5.41, 5.74) is 13.6. The van der Waals surface area contributed by atoms with Crippen molar-refractivity contribution in [3.05, 3.63) is 102 Å². The summed E-state index contributed by atoms with van der Waals surface area (Å²) in [5.74, 6) is -0.00370. The van der Waals surface area contributed by atoms with Crippen LogP contribution in [0.5, 0.6) is 0 Å². The third-order valence-corrected chi connectivity index (χ3v) is 6.09. The van der Waals surface area contributed by atoms with Gasteiger partial charge in [0.2, 0.25) is 5.91 Å². The minimum atomic E-state index is -0.00370. The monoisotopic (exact) mass is 425 g/mol. The van der Waals surface area contributed by atoms with E-state index in [9.17, 15) is 4.79 Å². The molecule has 3 aromatic carbocycles. The quantitative estimate of drug-likeness (QED) is 0.482. The first kappa shape index (κ1) is 21.8. The molecule has 0 aromatic heterocycles. The van der Waals surface area contributed by atoms with Gasteiger partial charge in [-0.15, -0.1) is 0 Å². The molecule has 0 saturated carbocycles. The van der Waals surface area contributed by atoms with E-state index in [0.717, 1.165) is 44.5 Å². The molecule has 0 aliphatic carbocycles. The lowest BCUT2D eigenvalue weighted by molar-refractivity contribution is -0.116. The smallest absolute Gasteiger partial charge is 0.224 e. The fourth-order valence-corrected chi connectivity index (χ4v) is 4.23. The van der Waals surface area contributed by atoms with Gasteiger partial charge in [0, 0.05) is 26.1 Å². The maximum Gasteiger partial charge on any atom is 0.224 e. The maximum absolute atomic E-state index is 12.2. The number of nitrogens with one attached hydrogen (secondary N) is 1. The number of benzene rings is 3.